The Balaban J connectivity index is 1.34. The number of piperazine rings is 1. The van der Waals surface area contributed by atoms with Crippen molar-refractivity contribution in [3.63, 3.8) is 0 Å². The second-order valence-corrected chi connectivity index (χ2v) is 8.66. The molecule has 3 heterocycles. The molecule has 0 bridgehead atoms. The molecule has 2 saturated heterocycles. The van der Waals surface area contributed by atoms with E-state index in [4.69, 9.17) is 0 Å². The molecule has 0 saturated carbocycles. The summed E-state index contributed by atoms with van der Waals surface area (Å²) in [5, 5.41) is 10.9. The number of halogens is 1. The van der Waals surface area contributed by atoms with Crippen LogP contribution in [0.4, 0.5) is 10.1 Å². The van der Waals surface area contributed by atoms with Gasteiger partial charge in [-0.15, -0.1) is 0 Å². The molecule has 2 aliphatic heterocycles. The number of para-hydroxylation sites is 1. The average molecular weight is 443 g/mol. The lowest BCUT2D eigenvalue weighted by Crippen LogP contribution is -2.52. The van der Waals surface area contributed by atoms with Crippen LogP contribution in [0.2, 0.25) is 0 Å². The maximum absolute atomic E-state index is 14.0. The van der Waals surface area contributed by atoms with E-state index < -0.39 is 0 Å². The molecule has 0 radical (unpaired) electrons. The van der Waals surface area contributed by atoms with Crippen LogP contribution in [-0.4, -0.2) is 58.7 Å². The molecule has 8 nitrogen and oxygen atoms in total. The first kappa shape index (κ1) is 22.3. The molecular formula is C23H31FN6O2. The number of aromatic nitrogens is 2. The van der Waals surface area contributed by atoms with E-state index in [0.717, 1.165) is 17.0 Å². The van der Waals surface area contributed by atoms with Crippen LogP contribution in [-0.2, 0) is 16.0 Å². The molecule has 2 atom stereocenters. The fourth-order valence-corrected chi connectivity index (χ4v) is 4.60. The van der Waals surface area contributed by atoms with Crippen molar-refractivity contribution in [1.82, 2.24) is 25.3 Å². The van der Waals surface area contributed by atoms with E-state index in [0.29, 0.717) is 51.1 Å². The van der Waals surface area contributed by atoms with Gasteiger partial charge in [0.1, 0.15) is 5.82 Å². The van der Waals surface area contributed by atoms with Gasteiger partial charge in [-0.05, 0) is 44.9 Å². The molecule has 32 heavy (non-hydrogen) atoms. The summed E-state index contributed by atoms with van der Waals surface area (Å²) >= 11 is 0. The number of rotatable bonds is 5. The van der Waals surface area contributed by atoms with Crippen molar-refractivity contribution in [3.8, 4) is 0 Å². The molecule has 2 aliphatic rings. The van der Waals surface area contributed by atoms with E-state index in [1.54, 1.807) is 16.8 Å². The van der Waals surface area contributed by atoms with Gasteiger partial charge in [0.2, 0.25) is 11.8 Å². The van der Waals surface area contributed by atoms with Crippen LogP contribution in [0.5, 0.6) is 0 Å². The predicted molar refractivity (Wildman–Crippen MR) is 120 cm³/mol. The molecular weight excluding hydrogens is 411 g/mol. The van der Waals surface area contributed by atoms with Crippen LogP contribution < -0.4 is 15.5 Å². The monoisotopic (exact) mass is 442 g/mol. The van der Waals surface area contributed by atoms with E-state index in [-0.39, 0.29) is 30.0 Å². The summed E-state index contributed by atoms with van der Waals surface area (Å²) in [4.78, 5) is 28.6. The quantitative estimate of drug-likeness (QED) is 0.739. The standard InChI is InChI=1S/C23H31FN6O2/c1-15-14-21(31)26-23(25-15)30-17(3)18(16(2)27-30)8-9-22(32)29-12-10-28(11-13-29)20-7-5-4-6-19(20)24/h4-7,15,23,25H,8-14H2,1-3H3,(H,26,31). The predicted octanol–water partition coefficient (Wildman–Crippen LogP) is 1.87. The third-order valence-corrected chi connectivity index (χ3v) is 6.37. The first-order valence-corrected chi connectivity index (χ1v) is 11.2. The number of hydrogen-bond acceptors (Lipinski definition) is 5. The zero-order chi connectivity index (χ0) is 22.8. The Hall–Kier alpha value is -2.94. The van der Waals surface area contributed by atoms with Gasteiger partial charge in [0.05, 0.1) is 11.4 Å². The Kier molecular flexibility index (Phi) is 6.45. The highest BCUT2D eigenvalue weighted by molar-refractivity contribution is 5.77. The third kappa shape index (κ3) is 4.62. The van der Waals surface area contributed by atoms with E-state index in [2.05, 4.69) is 15.7 Å². The average Bonchev–Trinajstić information content (AvgIpc) is 3.05. The first-order chi connectivity index (χ1) is 15.3. The van der Waals surface area contributed by atoms with Crippen molar-refractivity contribution in [1.29, 1.82) is 0 Å². The molecule has 4 rings (SSSR count). The van der Waals surface area contributed by atoms with E-state index in [1.165, 1.54) is 6.07 Å². The summed E-state index contributed by atoms with van der Waals surface area (Å²) < 4.78 is 15.8. The second kappa shape index (κ2) is 9.28. The minimum atomic E-state index is -0.374. The summed E-state index contributed by atoms with van der Waals surface area (Å²) in [6, 6.07) is 6.83. The van der Waals surface area contributed by atoms with Gasteiger partial charge in [-0.2, -0.15) is 5.10 Å². The molecule has 2 unspecified atom stereocenters. The van der Waals surface area contributed by atoms with Gasteiger partial charge in [0, 0.05) is 50.8 Å². The SMILES string of the molecule is Cc1nn(C2NC(=O)CC(C)N2)c(C)c1CCC(=O)N1CCN(c2ccccc2F)CC1. The number of aryl methyl sites for hydroxylation is 1. The van der Waals surface area contributed by atoms with Gasteiger partial charge in [0.15, 0.2) is 6.29 Å². The molecule has 9 heteroatoms. The van der Waals surface area contributed by atoms with E-state index in [1.807, 2.05) is 36.6 Å². The number of nitrogens with zero attached hydrogens (tertiary/aromatic N) is 4. The van der Waals surface area contributed by atoms with E-state index >= 15 is 0 Å². The Morgan fingerprint density at radius 2 is 1.91 bits per heavy atom. The van der Waals surface area contributed by atoms with Crippen LogP contribution in [0.1, 0.15) is 43.0 Å². The van der Waals surface area contributed by atoms with Crippen molar-refractivity contribution < 1.29 is 14.0 Å². The molecule has 1 aromatic carbocycles. The summed E-state index contributed by atoms with van der Waals surface area (Å²) in [6.45, 7) is 8.29. The summed E-state index contributed by atoms with van der Waals surface area (Å²) in [5.74, 6) is -0.129. The van der Waals surface area contributed by atoms with Crippen molar-refractivity contribution >= 4 is 17.5 Å². The normalized spacial score (nSPS) is 21.6. The van der Waals surface area contributed by atoms with Gasteiger partial charge >= 0.3 is 0 Å². The Bertz CT molecular complexity index is 998. The summed E-state index contributed by atoms with van der Waals surface area (Å²) in [7, 11) is 0. The maximum Gasteiger partial charge on any atom is 0.224 e. The molecule has 2 aromatic rings. The second-order valence-electron chi connectivity index (χ2n) is 8.66. The van der Waals surface area contributed by atoms with Crippen molar-refractivity contribution in [3.05, 3.63) is 47.0 Å². The lowest BCUT2D eigenvalue weighted by atomic mass is 10.1. The number of anilines is 1. The molecule has 0 aliphatic carbocycles. The van der Waals surface area contributed by atoms with Gasteiger partial charge < -0.3 is 15.1 Å². The topological polar surface area (TPSA) is 82.5 Å². The van der Waals surface area contributed by atoms with Gasteiger partial charge in [-0.1, -0.05) is 12.1 Å². The van der Waals surface area contributed by atoms with Crippen LogP contribution in [0.3, 0.4) is 0 Å². The van der Waals surface area contributed by atoms with Crippen LogP contribution in [0.15, 0.2) is 24.3 Å². The van der Waals surface area contributed by atoms with Crippen LogP contribution in [0, 0.1) is 19.7 Å². The zero-order valence-electron chi connectivity index (χ0n) is 18.9. The third-order valence-electron chi connectivity index (χ3n) is 6.37. The number of amides is 2. The van der Waals surface area contributed by atoms with Crippen molar-refractivity contribution in [2.45, 2.75) is 52.4 Å². The Morgan fingerprint density at radius 3 is 2.59 bits per heavy atom. The number of benzene rings is 1. The smallest absolute Gasteiger partial charge is 0.224 e. The molecule has 2 amide bonds. The van der Waals surface area contributed by atoms with Gasteiger partial charge in [0.25, 0.3) is 0 Å². The highest BCUT2D eigenvalue weighted by Crippen LogP contribution is 2.22. The van der Waals surface area contributed by atoms with Crippen molar-refractivity contribution in [2.75, 3.05) is 31.1 Å². The van der Waals surface area contributed by atoms with Gasteiger partial charge in [-0.3, -0.25) is 14.9 Å². The number of carbonyl (C=O) groups is 2. The highest BCUT2D eigenvalue weighted by Gasteiger charge is 2.28. The number of nitrogens with one attached hydrogen (secondary N) is 2. The lowest BCUT2D eigenvalue weighted by molar-refractivity contribution is -0.131. The number of carbonyl (C=O) groups excluding carboxylic acids is 2. The molecule has 0 spiro atoms. The van der Waals surface area contributed by atoms with Crippen molar-refractivity contribution in [2.24, 2.45) is 0 Å². The molecule has 1 aromatic heterocycles. The largest absolute Gasteiger partial charge is 0.366 e. The van der Waals surface area contributed by atoms with Crippen LogP contribution >= 0.6 is 0 Å². The molecule has 2 N–H and O–H groups in total. The maximum atomic E-state index is 14.0. The lowest BCUT2D eigenvalue weighted by Gasteiger charge is -2.36. The summed E-state index contributed by atoms with van der Waals surface area (Å²) in [5.41, 5.74) is 3.45. The summed E-state index contributed by atoms with van der Waals surface area (Å²) in [6.07, 6.45) is 1.07. The van der Waals surface area contributed by atoms with Gasteiger partial charge in [-0.25, -0.2) is 9.07 Å². The fraction of sp³-hybridized carbons (Fsp3) is 0.522. The van der Waals surface area contributed by atoms with Crippen LogP contribution in [0.25, 0.3) is 0 Å². The minimum absolute atomic E-state index is 0.0000529. The Morgan fingerprint density at radius 1 is 1.19 bits per heavy atom. The highest BCUT2D eigenvalue weighted by atomic mass is 19.1. The molecule has 172 valence electrons. The first-order valence-electron chi connectivity index (χ1n) is 11.2. The van der Waals surface area contributed by atoms with E-state index in [9.17, 15) is 14.0 Å². The fourth-order valence-electron chi connectivity index (χ4n) is 4.60. The Labute approximate surface area is 187 Å². The minimum Gasteiger partial charge on any atom is -0.366 e. The zero-order valence-corrected chi connectivity index (χ0v) is 18.9. The molecule has 2 fully saturated rings. The number of hydrogen-bond donors (Lipinski definition) is 2.